The SMILES string of the molecule is [O]CN1C(=O)CCc2ccccc21. The first-order valence-electron chi connectivity index (χ1n) is 4.29. The summed E-state index contributed by atoms with van der Waals surface area (Å²) in [7, 11) is 0. The van der Waals surface area contributed by atoms with E-state index in [1.165, 1.54) is 4.90 Å². The van der Waals surface area contributed by atoms with Gasteiger partial charge in [-0.15, -0.1) is 0 Å². The number of nitrogens with zero attached hydrogens (tertiary/aromatic N) is 1. The predicted molar refractivity (Wildman–Crippen MR) is 47.8 cm³/mol. The maximum Gasteiger partial charge on any atom is 0.229 e. The molecular formula is C10H10NO2. The zero-order chi connectivity index (χ0) is 9.26. The van der Waals surface area contributed by atoms with E-state index in [-0.39, 0.29) is 5.91 Å². The van der Waals surface area contributed by atoms with Crippen molar-refractivity contribution in [3.05, 3.63) is 29.8 Å². The van der Waals surface area contributed by atoms with Crippen molar-refractivity contribution in [2.24, 2.45) is 0 Å². The van der Waals surface area contributed by atoms with Gasteiger partial charge in [-0.05, 0) is 18.1 Å². The van der Waals surface area contributed by atoms with Crippen molar-refractivity contribution in [3.8, 4) is 0 Å². The van der Waals surface area contributed by atoms with Crippen LogP contribution in [0.2, 0.25) is 0 Å². The number of rotatable bonds is 1. The molecule has 0 saturated heterocycles. The van der Waals surface area contributed by atoms with Gasteiger partial charge < -0.3 is 0 Å². The number of hydrogen-bond acceptors (Lipinski definition) is 1. The first kappa shape index (κ1) is 8.26. The van der Waals surface area contributed by atoms with E-state index in [2.05, 4.69) is 0 Å². The van der Waals surface area contributed by atoms with Crippen LogP contribution in [-0.2, 0) is 16.3 Å². The van der Waals surface area contributed by atoms with Crippen molar-refractivity contribution in [2.75, 3.05) is 11.6 Å². The quantitative estimate of drug-likeness (QED) is 0.636. The van der Waals surface area contributed by atoms with Gasteiger partial charge in [0.25, 0.3) is 0 Å². The van der Waals surface area contributed by atoms with Crippen LogP contribution in [0.4, 0.5) is 5.69 Å². The molecular weight excluding hydrogens is 166 g/mol. The smallest absolute Gasteiger partial charge is 0.229 e. The molecule has 2 rings (SSSR count). The first-order chi connectivity index (χ1) is 6.33. The Bertz CT molecular complexity index is 335. The molecule has 1 heterocycles. The minimum Gasteiger partial charge on any atom is -0.285 e. The van der Waals surface area contributed by atoms with Crippen LogP contribution in [0.5, 0.6) is 0 Å². The second-order valence-corrected chi connectivity index (χ2v) is 3.08. The monoisotopic (exact) mass is 176 g/mol. The van der Waals surface area contributed by atoms with E-state index in [9.17, 15) is 9.90 Å². The van der Waals surface area contributed by atoms with Gasteiger partial charge in [-0.1, -0.05) is 18.2 Å². The summed E-state index contributed by atoms with van der Waals surface area (Å²) in [6.45, 7) is -0.476. The Labute approximate surface area is 76.6 Å². The average molecular weight is 176 g/mol. The van der Waals surface area contributed by atoms with Crippen molar-refractivity contribution < 1.29 is 9.90 Å². The van der Waals surface area contributed by atoms with Crippen LogP contribution >= 0.6 is 0 Å². The number of hydrogen-bond donors (Lipinski definition) is 0. The summed E-state index contributed by atoms with van der Waals surface area (Å²) in [6.07, 6.45) is 1.21. The maximum atomic E-state index is 11.3. The molecule has 0 unspecified atom stereocenters. The molecule has 0 N–H and O–H groups in total. The molecule has 0 spiro atoms. The number of anilines is 1. The Morgan fingerprint density at radius 2 is 2.00 bits per heavy atom. The number of carbonyl (C=O) groups excluding carboxylic acids is 1. The molecule has 3 nitrogen and oxygen atoms in total. The molecule has 13 heavy (non-hydrogen) atoms. The van der Waals surface area contributed by atoms with Gasteiger partial charge in [0.15, 0.2) is 6.73 Å². The molecule has 1 aliphatic heterocycles. The molecule has 67 valence electrons. The molecule has 1 radical (unpaired) electrons. The van der Waals surface area contributed by atoms with Gasteiger partial charge in [0, 0.05) is 12.1 Å². The van der Waals surface area contributed by atoms with E-state index in [1.54, 1.807) is 0 Å². The minimum atomic E-state index is -0.476. The van der Waals surface area contributed by atoms with Gasteiger partial charge in [0.2, 0.25) is 5.91 Å². The number of carbonyl (C=O) groups is 1. The number of amides is 1. The highest BCUT2D eigenvalue weighted by Crippen LogP contribution is 2.26. The van der Waals surface area contributed by atoms with E-state index in [0.29, 0.717) is 6.42 Å². The van der Waals surface area contributed by atoms with Crippen molar-refractivity contribution in [1.29, 1.82) is 0 Å². The number of benzene rings is 1. The van der Waals surface area contributed by atoms with Gasteiger partial charge >= 0.3 is 0 Å². The van der Waals surface area contributed by atoms with Crippen molar-refractivity contribution >= 4 is 11.6 Å². The highest BCUT2D eigenvalue weighted by Gasteiger charge is 2.22. The van der Waals surface area contributed by atoms with Crippen LogP contribution in [0.3, 0.4) is 0 Å². The Kier molecular flexibility index (Phi) is 2.02. The lowest BCUT2D eigenvalue weighted by molar-refractivity contribution is -0.120. The van der Waals surface area contributed by atoms with Gasteiger partial charge in [-0.2, -0.15) is 0 Å². The zero-order valence-electron chi connectivity index (χ0n) is 7.19. The van der Waals surface area contributed by atoms with Gasteiger partial charge in [-0.25, -0.2) is 5.11 Å². The molecule has 1 amide bonds. The van der Waals surface area contributed by atoms with E-state index < -0.39 is 6.73 Å². The Balaban J connectivity index is 2.45. The molecule has 0 aromatic heterocycles. The molecule has 1 aliphatic rings. The maximum absolute atomic E-state index is 11.3. The second-order valence-electron chi connectivity index (χ2n) is 3.08. The Morgan fingerprint density at radius 3 is 2.77 bits per heavy atom. The molecule has 0 atom stereocenters. The summed E-state index contributed by atoms with van der Waals surface area (Å²) in [4.78, 5) is 12.6. The van der Waals surface area contributed by atoms with E-state index in [4.69, 9.17) is 0 Å². The third-order valence-electron chi connectivity index (χ3n) is 2.32. The zero-order valence-corrected chi connectivity index (χ0v) is 7.19. The molecule has 0 bridgehead atoms. The Hall–Kier alpha value is -1.35. The van der Waals surface area contributed by atoms with Crippen LogP contribution in [0.15, 0.2) is 24.3 Å². The lowest BCUT2D eigenvalue weighted by Gasteiger charge is -2.26. The molecule has 3 heteroatoms. The Morgan fingerprint density at radius 1 is 1.23 bits per heavy atom. The summed E-state index contributed by atoms with van der Waals surface area (Å²) in [5.41, 5.74) is 1.88. The second kappa shape index (κ2) is 3.18. The fraction of sp³-hybridized carbons (Fsp3) is 0.300. The highest BCUT2D eigenvalue weighted by atomic mass is 16.3. The van der Waals surface area contributed by atoms with Crippen LogP contribution in [-0.4, -0.2) is 12.6 Å². The van der Waals surface area contributed by atoms with Crippen LogP contribution in [0.1, 0.15) is 12.0 Å². The van der Waals surface area contributed by atoms with Crippen LogP contribution in [0.25, 0.3) is 0 Å². The predicted octanol–water partition coefficient (Wildman–Crippen LogP) is 1.35. The van der Waals surface area contributed by atoms with Crippen molar-refractivity contribution in [3.63, 3.8) is 0 Å². The molecule has 0 aliphatic carbocycles. The standard InChI is InChI=1S/C10H10NO2/c12-7-11-9-4-2-1-3-8(9)5-6-10(11)13/h1-4H,5-7H2. The normalized spacial score (nSPS) is 15.8. The molecule has 0 saturated carbocycles. The van der Waals surface area contributed by atoms with E-state index in [0.717, 1.165) is 17.7 Å². The summed E-state index contributed by atoms with van der Waals surface area (Å²) in [6, 6.07) is 7.56. The molecule has 0 fully saturated rings. The van der Waals surface area contributed by atoms with Crippen LogP contribution < -0.4 is 4.90 Å². The third-order valence-corrected chi connectivity index (χ3v) is 2.32. The number of para-hydroxylation sites is 1. The molecule has 1 aromatic carbocycles. The summed E-state index contributed by atoms with van der Waals surface area (Å²) < 4.78 is 0. The third kappa shape index (κ3) is 1.31. The number of aryl methyl sites for hydroxylation is 1. The lowest BCUT2D eigenvalue weighted by Crippen LogP contribution is -2.35. The summed E-state index contributed by atoms with van der Waals surface area (Å²) in [5.74, 6) is -0.0614. The highest BCUT2D eigenvalue weighted by molar-refractivity contribution is 5.96. The fourth-order valence-corrected chi connectivity index (χ4v) is 1.64. The lowest BCUT2D eigenvalue weighted by atomic mass is 10.0. The summed E-state index contributed by atoms with van der Waals surface area (Å²) in [5, 5.41) is 10.8. The minimum absolute atomic E-state index is 0.0614. The average Bonchev–Trinajstić information content (AvgIpc) is 2.18. The van der Waals surface area contributed by atoms with E-state index >= 15 is 0 Å². The largest absolute Gasteiger partial charge is 0.285 e. The van der Waals surface area contributed by atoms with Crippen molar-refractivity contribution in [1.82, 2.24) is 0 Å². The van der Waals surface area contributed by atoms with Gasteiger partial charge in [0.1, 0.15) is 0 Å². The topological polar surface area (TPSA) is 40.2 Å². The van der Waals surface area contributed by atoms with Gasteiger partial charge in [0.05, 0.1) is 0 Å². The van der Waals surface area contributed by atoms with Gasteiger partial charge in [-0.3, -0.25) is 9.69 Å². The first-order valence-corrected chi connectivity index (χ1v) is 4.29. The van der Waals surface area contributed by atoms with E-state index in [1.807, 2.05) is 24.3 Å². The fourth-order valence-electron chi connectivity index (χ4n) is 1.64. The summed E-state index contributed by atoms with van der Waals surface area (Å²) >= 11 is 0. The van der Waals surface area contributed by atoms with Crippen LogP contribution in [0, 0.1) is 0 Å². The number of fused-ring (bicyclic) bond motifs is 1. The van der Waals surface area contributed by atoms with Crippen molar-refractivity contribution in [2.45, 2.75) is 12.8 Å². The molecule has 1 aromatic rings.